The van der Waals surface area contributed by atoms with Crippen molar-refractivity contribution in [3.8, 4) is 0 Å². The van der Waals surface area contributed by atoms with E-state index in [0.717, 1.165) is 0 Å². The molecule has 1 unspecified atom stereocenters. The van der Waals surface area contributed by atoms with Gasteiger partial charge in [0, 0.05) is 27.9 Å². The van der Waals surface area contributed by atoms with Gasteiger partial charge in [-0.3, -0.25) is 4.99 Å². The average Bonchev–Trinajstić information content (AvgIpc) is 3.15. The normalized spacial score (nSPS) is 16.9. The van der Waals surface area contributed by atoms with Gasteiger partial charge in [-0.15, -0.1) is 22.9 Å². The Morgan fingerprint density at radius 3 is 2.88 bits per heavy atom. The van der Waals surface area contributed by atoms with E-state index in [0.29, 0.717) is 22.1 Å². The molecule has 2 aromatic rings. The maximum absolute atomic E-state index is 13.5. The van der Waals surface area contributed by atoms with Crippen LogP contribution in [0.1, 0.15) is 23.5 Å². The van der Waals surface area contributed by atoms with E-state index in [1.807, 2.05) is 5.38 Å². The van der Waals surface area contributed by atoms with Gasteiger partial charge in [0.1, 0.15) is 11.9 Å². The lowest BCUT2D eigenvalue weighted by atomic mass is 9.96. The summed E-state index contributed by atoms with van der Waals surface area (Å²) in [6.07, 6.45) is 1.65. The number of nitrogens with one attached hydrogen (secondary N) is 1. The molecule has 0 radical (unpaired) electrons. The lowest BCUT2D eigenvalue weighted by Gasteiger charge is -2.26. The number of aliphatic imine (C=N–C) groups is 1. The highest BCUT2D eigenvalue weighted by atomic mass is 35.5. The summed E-state index contributed by atoms with van der Waals surface area (Å²) < 4.78 is 18.6. The number of nitrogens with zero attached hydrogens (tertiary/aromatic N) is 2. The van der Waals surface area contributed by atoms with Crippen LogP contribution in [0, 0.1) is 5.82 Å². The molecule has 1 N–H and O–H groups in total. The molecular weight excluding hydrogens is 400 g/mol. The molecule has 5 nitrogen and oxygen atoms in total. The van der Waals surface area contributed by atoms with E-state index in [4.69, 9.17) is 27.9 Å². The number of benzene rings is 1. The lowest BCUT2D eigenvalue weighted by Crippen LogP contribution is -2.34. The molecule has 1 aliphatic rings. The van der Waals surface area contributed by atoms with Gasteiger partial charge in [0.25, 0.3) is 0 Å². The number of alkyl halides is 1. The van der Waals surface area contributed by atoms with Crippen LogP contribution in [0.5, 0.6) is 0 Å². The Hall–Kier alpha value is -1.96. The van der Waals surface area contributed by atoms with Gasteiger partial charge in [-0.2, -0.15) is 0 Å². The van der Waals surface area contributed by atoms with Crippen molar-refractivity contribution < 1.29 is 13.9 Å². The largest absolute Gasteiger partial charge is 0.463 e. The second-order valence-electron chi connectivity index (χ2n) is 5.25. The second kappa shape index (κ2) is 8.16. The number of hydrogen-bond acceptors (Lipinski definition) is 6. The number of allylic oxidation sites excluding steroid dienone is 1. The number of amidine groups is 1. The van der Waals surface area contributed by atoms with Crippen LogP contribution in [0.15, 0.2) is 46.0 Å². The average molecular weight is 414 g/mol. The zero-order valence-corrected chi connectivity index (χ0v) is 16.0. The molecule has 3 rings (SSSR count). The second-order valence-corrected chi connectivity index (χ2v) is 6.82. The number of aromatic nitrogens is 1. The molecular formula is C17H14Cl2FN3O2S. The van der Waals surface area contributed by atoms with E-state index in [2.05, 4.69) is 15.3 Å². The number of thiazole rings is 1. The van der Waals surface area contributed by atoms with E-state index in [1.54, 1.807) is 13.1 Å². The first-order valence-corrected chi connectivity index (χ1v) is 9.50. The van der Waals surface area contributed by atoms with Gasteiger partial charge in [0.15, 0.2) is 10.8 Å². The van der Waals surface area contributed by atoms with Crippen LogP contribution in [0.4, 0.5) is 4.39 Å². The molecule has 0 spiro atoms. The van der Waals surface area contributed by atoms with Gasteiger partial charge in [0.05, 0.1) is 18.1 Å². The van der Waals surface area contributed by atoms with Crippen LogP contribution in [-0.4, -0.2) is 29.3 Å². The molecule has 0 saturated heterocycles. The Bertz CT molecular complexity index is 884. The number of carbonyl (C=O) groups is 1. The minimum absolute atomic E-state index is 0.0356. The molecule has 136 valence electrons. The Kier molecular flexibility index (Phi) is 5.90. The van der Waals surface area contributed by atoms with Gasteiger partial charge in [-0.05, 0) is 19.1 Å². The molecule has 0 fully saturated rings. The van der Waals surface area contributed by atoms with Crippen LogP contribution in [0.3, 0.4) is 0 Å². The third kappa shape index (κ3) is 3.75. The summed E-state index contributed by atoms with van der Waals surface area (Å²) in [5.41, 5.74) is 1.18. The molecule has 0 aliphatic carbocycles. The van der Waals surface area contributed by atoms with Gasteiger partial charge >= 0.3 is 5.97 Å². The van der Waals surface area contributed by atoms with Gasteiger partial charge in [0.2, 0.25) is 0 Å². The number of esters is 1. The van der Waals surface area contributed by atoms with Crippen molar-refractivity contribution in [2.75, 3.05) is 12.5 Å². The van der Waals surface area contributed by atoms with Crippen molar-refractivity contribution in [2.24, 2.45) is 4.99 Å². The minimum Gasteiger partial charge on any atom is -0.463 e. The van der Waals surface area contributed by atoms with Crippen LogP contribution in [-0.2, 0) is 9.53 Å². The molecule has 9 heteroatoms. The van der Waals surface area contributed by atoms with Crippen LogP contribution < -0.4 is 5.32 Å². The van der Waals surface area contributed by atoms with E-state index in [9.17, 15) is 9.18 Å². The molecule has 0 saturated carbocycles. The number of halogens is 3. The van der Waals surface area contributed by atoms with Crippen molar-refractivity contribution in [3.63, 3.8) is 0 Å². The molecule has 0 bridgehead atoms. The number of carbonyl (C=O) groups excluding carboxylic acids is 1. The van der Waals surface area contributed by atoms with E-state index < -0.39 is 17.8 Å². The number of hydrogen-bond donors (Lipinski definition) is 1. The third-order valence-corrected chi connectivity index (χ3v) is 5.02. The predicted octanol–water partition coefficient (Wildman–Crippen LogP) is 4.08. The topological polar surface area (TPSA) is 63.6 Å². The highest BCUT2D eigenvalue weighted by Gasteiger charge is 2.33. The van der Waals surface area contributed by atoms with Crippen molar-refractivity contribution in [2.45, 2.75) is 13.0 Å². The van der Waals surface area contributed by atoms with Crippen LogP contribution in [0.2, 0.25) is 5.02 Å². The molecule has 2 heterocycles. The first-order valence-electron chi connectivity index (χ1n) is 7.70. The first kappa shape index (κ1) is 18.8. The fraction of sp³-hybridized carbons (Fsp3) is 0.235. The van der Waals surface area contributed by atoms with Crippen molar-refractivity contribution in [1.29, 1.82) is 0 Å². The number of ether oxygens (including phenoxy) is 1. The van der Waals surface area contributed by atoms with Gasteiger partial charge < -0.3 is 10.1 Å². The summed E-state index contributed by atoms with van der Waals surface area (Å²) in [7, 11) is 0. The highest BCUT2D eigenvalue weighted by Crippen LogP contribution is 2.36. The first-order chi connectivity index (χ1) is 12.5. The molecule has 0 amide bonds. The number of rotatable bonds is 5. The fourth-order valence-electron chi connectivity index (χ4n) is 2.55. The standard InChI is InChI=1S/C17H14Cl2FN3O2S/c1-2-25-17(24)13-12(8-18)22-15(16-21-5-6-26-16)23-14(13)10-4-3-9(20)7-11(10)19/h3-7,14H,2,8H2,1H3,(H,22,23). The molecule has 1 atom stereocenters. The molecule has 1 aromatic carbocycles. The molecule has 1 aliphatic heterocycles. The Morgan fingerprint density at radius 2 is 2.27 bits per heavy atom. The zero-order chi connectivity index (χ0) is 18.7. The fourth-order valence-corrected chi connectivity index (χ4v) is 3.62. The maximum atomic E-state index is 13.5. The summed E-state index contributed by atoms with van der Waals surface area (Å²) >= 11 is 13.7. The van der Waals surface area contributed by atoms with Crippen molar-refractivity contribution >= 4 is 46.3 Å². The SMILES string of the molecule is CCOC(=O)C1=C(CCl)NC(c2nccs2)=NC1c1ccc(F)cc1Cl. The van der Waals surface area contributed by atoms with Crippen molar-refractivity contribution in [1.82, 2.24) is 10.3 Å². The Morgan fingerprint density at radius 1 is 1.46 bits per heavy atom. The third-order valence-electron chi connectivity index (χ3n) is 3.65. The van der Waals surface area contributed by atoms with Gasteiger partial charge in [-0.25, -0.2) is 14.2 Å². The molecule has 1 aromatic heterocycles. The van der Waals surface area contributed by atoms with Crippen LogP contribution >= 0.6 is 34.5 Å². The Labute approximate surface area is 163 Å². The molecule has 26 heavy (non-hydrogen) atoms. The summed E-state index contributed by atoms with van der Waals surface area (Å²) in [6.45, 7) is 1.91. The smallest absolute Gasteiger partial charge is 0.338 e. The quantitative estimate of drug-likeness (QED) is 0.592. The van der Waals surface area contributed by atoms with E-state index in [1.165, 1.54) is 29.5 Å². The zero-order valence-electron chi connectivity index (χ0n) is 13.6. The summed E-state index contributed by atoms with van der Waals surface area (Å²) in [4.78, 5) is 21.4. The summed E-state index contributed by atoms with van der Waals surface area (Å²) in [5, 5.41) is 5.66. The summed E-state index contributed by atoms with van der Waals surface area (Å²) in [5.74, 6) is -0.526. The van der Waals surface area contributed by atoms with Gasteiger partial charge in [-0.1, -0.05) is 17.7 Å². The summed E-state index contributed by atoms with van der Waals surface area (Å²) in [6, 6.07) is 3.17. The van der Waals surface area contributed by atoms with E-state index in [-0.39, 0.29) is 23.1 Å². The minimum atomic E-state index is -0.781. The van der Waals surface area contributed by atoms with E-state index >= 15 is 0 Å². The van der Waals surface area contributed by atoms with Crippen LogP contribution in [0.25, 0.3) is 0 Å². The monoisotopic (exact) mass is 413 g/mol. The Balaban J connectivity index is 2.15. The lowest BCUT2D eigenvalue weighted by molar-refractivity contribution is -0.138. The predicted molar refractivity (Wildman–Crippen MR) is 100 cm³/mol. The maximum Gasteiger partial charge on any atom is 0.338 e. The van der Waals surface area contributed by atoms with Crippen molar-refractivity contribution in [3.05, 3.63) is 62.5 Å². The highest BCUT2D eigenvalue weighted by molar-refractivity contribution is 7.11.